The van der Waals surface area contributed by atoms with Crippen molar-refractivity contribution in [2.75, 3.05) is 29.4 Å². The van der Waals surface area contributed by atoms with Crippen molar-refractivity contribution in [2.24, 2.45) is 0 Å². The van der Waals surface area contributed by atoms with Crippen LogP contribution in [0.4, 0.5) is 5.69 Å². The van der Waals surface area contributed by atoms with Gasteiger partial charge in [0.25, 0.3) is 0 Å². The third kappa shape index (κ3) is 6.73. The van der Waals surface area contributed by atoms with E-state index in [-0.39, 0.29) is 12.3 Å². The normalized spacial score (nSPS) is 11.0. The lowest BCUT2D eigenvalue weighted by Gasteiger charge is -2.22. The number of carbonyl (C=O) groups is 2. The molecule has 8 heteroatoms. The van der Waals surface area contributed by atoms with Gasteiger partial charge in [0, 0.05) is 22.8 Å². The van der Waals surface area contributed by atoms with Gasteiger partial charge in [-0.2, -0.15) is 0 Å². The molecule has 2 aromatic rings. The third-order valence-electron chi connectivity index (χ3n) is 3.66. The van der Waals surface area contributed by atoms with E-state index in [9.17, 15) is 18.0 Å². The summed E-state index contributed by atoms with van der Waals surface area (Å²) in [6.07, 6.45) is 1.03. The van der Waals surface area contributed by atoms with Crippen LogP contribution in [0.15, 0.2) is 59.5 Å². The Balaban J connectivity index is 1.96. The number of nitrogens with one attached hydrogen (secondary N) is 1. The number of ketones is 1. The van der Waals surface area contributed by atoms with Gasteiger partial charge in [0.15, 0.2) is 5.78 Å². The molecular formula is C19H22N2O4S2. The number of hydrogen-bond donors (Lipinski definition) is 1. The molecule has 27 heavy (non-hydrogen) atoms. The van der Waals surface area contributed by atoms with E-state index in [2.05, 4.69) is 5.32 Å². The minimum absolute atomic E-state index is 0.173. The Morgan fingerprint density at radius 3 is 2.41 bits per heavy atom. The summed E-state index contributed by atoms with van der Waals surface area (Å²) in [4.78, 5) is 24.8. The predicted molar refractivity (Wildman–Crippen MR) is 109 cm³/mol. The molecule has 0 radical (unpaired) electrons. The maximum atomic E-state index is 12.2. The lowest BCUT2D eigenvalue weighted by atomic mass is 10.1. The van der Waals surface area contributed by atoms with Gasteiger partial charge in [0.1, 0.15) is 6.54 Å². The molecule has 0 aliphatic carbocycles. The Kier molecular flexibility index (Phi) is 7.44. The van der Waals surface area contributed by atoms with Gasteiger partial charge in [-0.25, -0.2) is 8.42 Å². The molecular weight excluding hydrogens is 384 g/mol. The minimum atomic E-state index is -3.67. The van der Waals surface area contributed by atoms with E-state index in [0.29, 0.717) is 23.5 Å². The Labute approximate surface area is 164 Å². The first-order valence-electron chi connectivity index (χ1n) is 8.30. The average molecular weight is 407 g/mol. The zero-order valence-corrected chi connectivity index (χ0v) is 16.8. The SMILES string of the molecule is CC(=O)c1cccc(N(CC(=O)NCCSc2ccccc2)S(C)(=O)=O)c1. The smallest absolute Gasteiger partial charge is 0.240 e. The zero-order chi connectivity index (χ0) is 19.9. The Bertz CT molecular complexity index is 899. The second-order valence-corrected chi connectivity index (χ2v) is 8.96. The summed E-state index contributed by atoms with van der Waals surface area (Å²) in [7, 11) is -3.67. The molecule has 0 unspecified atom stereocenters. The van der Waals surface area contributed by atoms with Gasteiger partial charge >= 0.3 is 0 Å². The van der Waals surface area contributed by atoms with E-state index in [1.807, 2.05) is 30.3 Å². The lowest BCUT2D eigenvalue weighted by Crippen LogP contribution is -2.41. The standard InChI is InChI=1S/C19H22N2O4S2/c1-15(22)16-7-6-8-17(13-16)21(27(2,24)25)14-19(23)20-11-12-26-18-9-4-3-5-10-18/h3-10,13H,11-12,14H2,1-2H3,(H,20,23). The molecule has 0 bridgehead atoms. The summed E-state index contributed by atoms with van der Waals surface area (Å²) in [6, 6.07) is 16.0. The Morgan fingerprint density at radius 1 is 1.07 bits per heavy atom. The minimum Gasteiger partial charge on any atom is -0.354 e. The molecule has 1 amide bonds. The molecule has 0 atom stereocenters. The molecule has 0 aliphatic rings. The lowest BCUT2D eigenvalue weighted by molar-refractivity contribution is -0.119. The maximum absolute atomic E-state index is 12.2. The van der Waals surface area contributed by atoms with Crippen LogP contribution in [0.1, 0.15) is 17.3 Å². The highest BCUT2D eigenvalue weighted by Crippen LogP contribution is 2.19. The summed E-state index contributed by atoms with van der Waals surface area (Å²) in [5.41, 5.74) is 0.680. The zero-order valence-electron chi connectivity index (χ0n) is 15.2. The molecule has 1 N–H and O–H groups in total. The molecule has 0 aromatic heterocycles. The number of Topliss-reactive ketones (excluding diaryl/α,β-unsaturated/α-hetero) is 1. The number of sulfonamides is 1. The van der Waals surface area contributed by atoms with E-state index >= 15 is 0 Å². The molecule has 0 heterocycles. The first-order chi connectivity index (χ1) is 12.8. The van der Waals surface area contributed by atoms with Crippen LogP contribution in [-0.2, 0) is 14.8 Å². The van der Waals surface area contributed by atoms with Gasteiger partial charge in [-0.3, -0.25) is 13.9 Å². The van der Waals surface area contributed by atoms with Crippen LogP contribution in [0.3, 0.4) is 0 Å². The average Bonchev–Trinajstić information content (AvgIpc) is 2.63. The summed E-state index contributed by atoms with van der Waals surface area (Å²) in [5, 5.41) is 2.73. The highest BCUT2D eigenvalue weighted by atomic mass is 32.2. The number of benzene rings is 2. The van der Waals surface area contributed by atoms with Crippen LogP contribution in [0.25, 0.3) is 0 Å². The molecule has 2 aromatic carbocycles. The van der Waals surface area contributed by atoms with E-state index in [4.69, 9.17) is 0 Å². The van der Waals surface area contributed by atoms with Crippen LogP contribution >= 0.6 is 11.8 Å². The second kappa shape index (κ2) is 9.57. The molecule has 0 spiro atoms. The summed E-state index contributed by atoms with van der Waals surface area (Å²) >= 11 is 1.60. The fourth-order valence-corrected chi connectivity index (χ4v) is 3.98. The number of anilines is 1. The van der Waals surface area contributed by atoms with Crippen LogP contribution in [0.5, 0.6) is 0 Å². The number of nitrogens with zero attached hydrogens (tertiary/aromatic N) is 1. The van der Waals surface area contributed by atoms with Crippen LogP contribution in [-0.4, -0.2) is 45.2 Å². The topological polar surface area (TPSA) is 83.6 Å². The number of carbonyl (C=O) groups excluding carboxylic acids is 2. The maximum Gasteiger partial charge on any atom is 0.240 e. The highest BCUT2D eigenvalue weighted by Gasteiger charge is 2.21. The van der Waals surface area contributed by atoms with Crippen molar-refractivity contribution in [1.82, 2.24) is 5.32 Å². The van der Waals surface area contributed by atoms with Crippen LogP contribution in [0, 0.1) is 0 Å². The number of amides is 1. The van der Waals surface area contributed by atoms with Gasteiger partial charge in [0.05, 0.1) is 11.9 Å². The van der Waals surface area contributed by atoms with E-state index < -0.39 is 15.9 Å². The van der Waals surface area contributed by atoms with Crippen molar-refractivity contribution < 1.29 is 18.0 Å². The number of thioether (sulfide) groups is 1. The van der Waals surface area contributed by atoms with Gasteiger partial charge in [-0.1, -0.05) is 30.3 Å². The van der Waals surface area contributed by atoms with Crippen molar-refractivity contribution in [3.05, 3.63) is 60.2 Å². The molecule has 144 valence electrons. The van der Waals surface area contributed by atoms with Crippen molar-refractivity contribution in [2.45, 2.75) is 11.8 Å². The van der Waals surface area contributed by atoms with Gasteiger partial charge in [-0.15, -0.1) is 11.8 Å². The molecule has 0 saturated heterocycles. The Hall–Kier alpha value is -2.32. The van der Waals surface area contributed by atoms with Gasteiger partial charge in [0.2, 0.25) is 15.9 Å². The van der Waals surface area contributed by atoms with E-state index in [1.165, 1.54) is 13.0 Å². The van der Waals surface area contributed by atoms with Gasteiger partial charge in [-0.05, 0) is 31.2 Å². The van der Waals surface area contributed by atoms with Crippen molar-refractivity contribution >= 4 is 39.2 Å². The van der Waals surface area contributed by atoms with Gasteiger partial charge < -0.3 is 5.32 Å². The fourth-order valence-electron chi connectivity index (χ4n) is 2.34. The molecule has 0 saturated carbocycles. The monoisotopic (exact) mass is 406 g/mol. The summed E-state index contributed by atoms with van der Waals surface area (Å²) in [5.74, 6) is 0.101. The van der Waals surface area contributed by atoms with E-state index in [1.54, 1.807) is 30.0 Å². The molecule has 6 nitrogen and oxygen atoms in total. The quantitative estimate of drug-likeness (QED) is 0.393. The summed E-state index contributed by atoms with van der Waals surface area (Å²) in [6.45, 7) is 1.49. The van der Waals surface area contributed by atoms with Crippen molar-refractivity contribution in [3.8, 4) is 0 Å². The molecule has 0 fully saturated rings. The van der Waals surface area contributed by atoms with E-state index in [0.717, 1.165) is 15.5 Å². The predicted octanol–water partition coefficient (Wildman–Crippen LogP) is 2.56. The van der Waals surface area contributed by atoms with Crippen molar-refractivity contribution in [3.63, 3.8) is 0 Å². The van der Waals surface area contributed by atoms with Crippen molar-refractivity contribution in [1.29, 1.82) is 0 Å². The first kappa shape index (κ1) is 21.0. The fraction of sp³-hybridized carbons (Fsp3) is 0.263. The summed E-state index contributed by atoms with van der Waals surface area (Å²) < 4.78 is 25.2. The van der Waals surface area contributed by atoms with Crippen LogP contribution in [0.2, 0.25) is 0 Å². The number of rotatable bonds is 9. The molecule has 0 aliphatic heterocycles. The number of hydrogen-bond acceptors (Lipinski definition) is 5. The molecule has 2 rings (SSSR count). The second-order valence-electron chi connectivity index (χ2n) is 5.89. The Morgan fingerprint density at radius 2 is 1.78 bits per heavy atom. The van der Waals surface area contributed by atoms with Crippen LogP contribution < -0.4 is 9.62 Å². The highest BCUT2D eigenvalue weighted by molar-refractivity contribution is 7.99. The first-order valence-corrected chi connectivity index (χ1v) is 11.1. The largest absolute Gasteiger partial charge is 0.354 e. The third-order valence-corrected chi connectivity index (χ3v) is 5.82.